The first-order valence-electron chi connectivity index (χ1n) is 11.0. The first-order chi connectivity index (χ1) is 15.2. The summed E-state index contributed by atoms with van der Waals surface area (Å²) in [5.41, 5.74) is 2.93. The van der Waals surface area contributed by atoms with Gasteiger partial charge in [0.15, 0.2) is 0 Å². The lowest BCUT2D eigenvalue weighted by Gasteiger charge is -2.32. The van der Waals surface area contributed by atoms with Crippen molar-refractivity contribution in [2.24, 2.45) is 5.92 Å². The van der Waals surface area contributed by atoms with E-state index in [1.807, 2.05) is 71.7 Å². The number of methoxy groups -OCH3 is 1. The number of para-hydroxylation sites is 1. The number of rotatable bonds is 8. The van der Waals surface area contributed by atoms with Gasteiger partial charge < -0.3 is 15.0 Å². The minimum Gasteiger partial charge on any atom is -0.497 e. The Balaban J connectivity index is 1.36. The summed E-state index contributed by atoms with van der Waals surface area (Å²) in [6.07, 6.45) is 6.83. The summed E-state index contributed by atoms with van der Waals surface area (Å²) in [6.45, 7) is 3.78. The maximum absolute atomic E-state index is 13.1. The van der Waals surface area contributed by atoms with Gasteiger partial charge in [-0.15, -0.1) is 0 Å². The van der Waals surface area contributed by atoms with Gasteiger partial charge in [-0.2, -0.15) is 5.10 Å². The van der Waals surface area contributed by atoms with Gasteiger partial charge in [0, 0.05) is 36.7 Å². The van der Waals surface area contributed by atoms with Gasteiger partial charge in [0.05, 0.1) is 13.0 Å². The van der Waals surface area contributed by atoms with Crippen LogP contribution in [0.5, 0.6) is 5.75 Å². The molecular formula is C25H30N4O2. The van der Waals surface area contributed by atoms with E-state index in [0.29, 0.717) is 0 Å². The maximum Gasteiger partial charge on any atom is 0.228 e. The van der Waals surface area contributed by atoms with E-state index in [0.717, 1.165) is 68.0 Å². The van der Waals surface area contributed by atoms with E-state index >= 15 is 0 Å². The first kappa shape index (κ1) is 21.1. The molecule has 6 heteroatoms. The van der Waals surface area contributed by atoms with Crippen molar-refractivity contribution < 1.29 is 9.53 Å². The number of carbonyl (C=O) groups excluding carboxylic acids is 1. The Hall–Kier alpha value is -3.12. The van der Waals surface area contributed by atoms with Gasteiger partial charge in [0.2, 0.25) is 5.91 Å². The van der Waals surface area contributed by atoms with Crippen LogP contribution >= 0.6 is 0 Å². The Morgan fingerprint density at radius 3 is 2.74 bits per heavy atom. The van der Waals surface area contributed by atoms with Crippen LogP contribution in [0.3, 0.4) is 0 Å². The summed E-state index contributed by atoms with van der Waals surface area (Å²) < 4.78 is 7.22. The molecule has 2 aromatic carbocycles. The average Bonchev–Trinajstić information content (AvgIpc) is 3.33. The quantitative estimate of drug-likeness (QED) is 0.593. The molecule has 1 aliphatic heterocycles. The van der Waals surface area contributed by atoms with Crippen molar-refractivity contribution in [3.8, 4) is 16.9 Å². The van der Waals surface area contributed by atoms with E-state index < -0.39 is 0 Å². The van der Waals surface area contributed by atoms with E-state index in [1.165, 1.54) is 0 Å². The monoisotopic (exact) mass is 418 g/mol. The minimum absolute atomic E-state index is 0.0161. The molecule has 31 heavy (non-hydrogen) atoms. The van der Waals surface area contributed by atoms with Crippen LogP contribution in [0.4, 0.5) is 5.69 Å². The smallest absolute Gasteiger partial charge is 0.228 e. The fourth-order valence-corrected chi connectivity index (χ4v) is 4.21. The summed E-state index contributed by atoms with van der Waals surface area (Å²) >= 11 is 0. The number of aromatic nitrogens is 2. The number of anilines is 1. The van der Waals surface area contributed by atoms with Crippen molar-refractivity contribution in [3.05, 3.63) is 67.0 Å². The van der Waals surface area contributed by atoms with Crippen molar-refractivity contribution in [2.75, 3.05) is 32.1 Å². The summed E-state index contributed by atoms with van der Waals surface area (Å²) in [5, 5.41) is 7.45. The number of hydrogen-bond acceptors (Lipinski definition) is 4. The molecule has 1 atom stereocenters. The van der Waals surface area contributed by atoms with Crippen LogP contribution in [0.15, 0.2) is 67.0 Å². The van der Waals surface area contributed by atoms with Gasteiger partial charge in [-0.25, -0.2) is 0 Å². The molecule has 1 amide bonds. The molecule has 162 valence electrons. The summed E-state index contributed by atoms with van der Waals surface area (Å²) in [5.74, 6) is 0.945. The Bertz CT molecular complexity index is 969. The minimum atomic E-state index is 0.0161. The highest BCUT2D eigenvalue weighted by Crippen LogP contribution is 2.30. The van der Waals surface area contributed by atoms with Crippen molar-refractivity contribution in [1.29, 1.82) is 0 Å². The van der Waals surface area contributed by atoms with Crippen LogP contribution < -0.4 is 10.1 Å². The molecule has 1 aromatic heterocycles. The number of ether oxygens (including phenoxy) is 1. The standard InChI is InChI=1S/C25H30N4O2/c1-31-22-12-10-20(11-13-22)23-8-2-3-9-24(23)27-25(30)21-7-4-15-28(19-21)16-6-18-29-17-5-14-26-29/h2-3,5,8-14,17,21H,4,6-7,15-16,18-19H2,1H3,(H,27,30)/t21-/m1/s1. The molecule has 1 N–H and O–H groups in total. The van der Waals surface area contributed by atoms with Crippen LogP contribution in [0.2, 0.25) is 0 Å². The molecule has 1 aliphatic rings. The predicted octanol–water partition coefficient (Wildman–Crippen LogP) is 4.30. The number of amides is 1. The zero-order valence-corrected chi connectivity index (χ0v) is 18.0. The van der Waals surface area contributed by atoms with Crippen LogP contribution in [0.25, 0.3) is 11.1 Å². The Morgan fingerprint density at radius 1 is 1.13 bits per heavy atom. The third-order valence-corrected chi connectivity index (χ3v) is 5.88. The molecule has 0 saturated carbocycles. The number of piperidine rings is 1. The molecule has 2 heterocycles. The fourth-order valence-electron chi connectivity index (χ4n) is 4.21. The van der Waals surface area contributed by atoms with E-state index in [9.17, 15) is 4.79 Å². The number of aryl methyl sites for hydroxylation is 1. The van der Waals surface area contributed by atoms with E-state index in [4.69, 9.17) is 4.74 Å². The second-order valence-corrected chi connectivity index (χ2v) is 8.03. The number of nitrogens with one attached hydrogen (secondary N) is 1. The lowest BCUT2D eigenvalue weighted by molar-refractivity contribution is -0.121. The second-order valence-electron chi connectivity index (χ2n) is 8.03. The Labute approximate surface area is 183 Å². The van der Waals surface area contributed by atoms with Gasteiger partial charge in [-0.3, -0.25) is 9.48 Å². The van der Waals surface area contributed by atoms with E-state index in [2.05, 4.69) is 15.3 Å². The molecule has 0 radical (unpaired) electrons. The summed E-state index contributed by atoms with van der Waals surface area (Å²) in [6, 6.07) is 17.8. The van der Waals surface area contributed by atoms with Gasteiger partial charge in [-0.05, 0) is 62.2 Å². The normalized spacial score (nSPS) is 16.7. The van der Waals surface area contributed by atoms with Crippen LogP contribution in [-0.2, 0) is 11.3 Å². The predicted molar refractivity (Wildman–Crippen MR) is 123 cm³/mol. The van der Waals surface area contributed by atoms with Gasteiger partial charge in [-0.1, -0.05) is 30.3 Å². The Kier molecular flexibility index (Phi) is 6.99. The van der Waals surface area contributed by atoms with Crippen LogP contribution in [0, 0.1) is 5.92 Å². The van der Waals surface area contributed by atoms with E-state index in [-0.39, 0.29) is 11.8 Å². The lowest BCUT2D eigenvalue weighted by Crippen LogP contribution is -2.41. The fraction of sp³-hybridized carbons (Fsp3) is 0.360. The molecular weight excluding hydrogens is 388 g/mol. The molecule has 1 fully saturated rings. The maximum atomic E-state index is 13.1. The molecule has 3 aromatic rings. The molecule has 1 saturated heterocycles. The highest BCUT2D eigenvalue weighted by Gasteiger charge is 2.26. The first-order valence-corrected chi connectivity index (χ1v) is 11.0. The topological polar surface area (TPSA) is 59.4 Å². The lowest BCUT2D eigenvalue weighted by atomic mass is 9.96. The van der Waals surface area contributed by atoms with Crippen LogP contribution in [0.1, 0.15) is 19.3 Å². The van der Waals surface area contributed by atoms with Gasteiger partial charge >= 0.3 is 0 Å². The molecule has 0 spiro atoms. The van der Waals surface area contributed by atoms with Gasteiger partial charge in [0.1, 0.15) is 5.75 Å². The summed E-state index contributed by atoms with van der Waals surface area (Å²) in [4.78, 5) is 15.5. The zero-order valence-electron chi connectivity index (χ0n) is 18.0. The van der Waals surface area contributed by atoms with Gasteiger partial charge in [0.25, 0.3) is 0 Å². The van der Waals surface area contributed by atoms with Crippen molar-refractivity contribution in [2.45, 2.75) is 25.8 Å². The molecule has 0 unspecified atom stereocenters. The third kappa shape index (κ3) is 5.52. The number of hydrogen-bond donors (Lipinski definition) is 1. The van der Waals surface area contributed by atoms with Crippen molar-refractivity contribution in [3.63, 3.8) is 0 Å². The molecule has 6 nitrogen and oxygen atoms in total. The molecule has 0 bridgehead atoms. The largest absolute Gasteiger partial charge is 0.497 e. The average molecular weight is 419 g/mol. The molecule has 0 aliphatic carbocycles. The summed E-state index contributed by atoms with van der Waals surface area (Å²) in [7, 11) is 1.66. The number of nitrogens with zero attached hydrogens (tertiary/aromatic N) is 3. The van der Waals surface area contributed by atoms with Crippen molar-refractivity contribution >= 4 is 11.6 Å². The second kappa shape index (κ2) is 10.3. The molecule has 4 rings (SSSR count). The number of benzene rings is 2. The highest BCUT2D eigenvalue weighted by atomic mass is 16.5. The van der Waals surface area contributed by atoms with Crippen molar-refractivity contribution in [1.82, 2.24) is 14.7 Å². The SMILES string of the molecule is COc1ccc(-c2ccccc2NC(=O)[C@@H]2CCCN(CCCn3cccn3)C2)cc1. The Morgan fingerprint density at radius 2 is 1.97 bits per heavy atom. The zero-order chi connectivity index (χ0) is 21.5. The number of carbonyl (C=O) groups is 1. The third-order valence-electron chi connectivity index (χ3n) is 5.88. The van der Waals surface area contributed by atoms with Crippen LogP contribution in [-0.4, -0.2) is 47.3 Å². The van der Waals surface area contributed by atoms with E-state index in [1.54, 1.807) is 7.11 Å². The highest BCUT2D eigenvalue weighted by molar-refractivity contribution is 5.97. The number of likely N-dealkylation sites (tertiary alicyclic amines) is 1.